The van der Waals surface area contributed by atoms with Gasteiger partial charge < -0.3 is 10.5 Å². The summed E-state index contributed by atoms with van der Waals surface area (Å²) in [6, 6.07) is 5.65. The van der Waals surface area contributed by atoms with Crippen LogP contribution in [0.4, 0.5) is 0 Å². The maximum Gasteiger partial charge on any atom is 0.140 e. The highest BCUT2D eigenvalue weighted by atomic mass is 16.5. The first kappa shape index (κ1) is 11.1. The van der Waals surface area contributed by atoms with Gasteiger partial charge in [0.15, 0.2) is 0 Å². The molecule has 0 amide bonds. The van der Waals surface area contributed by atoms with Crippen LogP contribution in [0.2, 0.25) is 0 Å². The van der Waals surface area contributed by atoms with Crippen LogP contribution in [-0.4, -0.2) is 17.6 Å². The molecule has 0 spiro atoms. The van der Waals surface area contributed by atoms with E-state index in [0.717, 1.165) is 24.9 Å². The van der Waals surface area contributed by atoms with Crippen molar-refractivity contribution in [1.29, 1.82) is 5.26 Å². The molecule has 1 fully saturated rings. The molecular formula is C12H15N3O. The Balaban J connectivity index is 1.80. The molecule has 1 aromatic rings. The first-order valence-corrected chi connectivity index (χ1v) is 5.48. The third kappa shape index (κ3) is 2.57. The molecule has 0 unspecified atom stereocenters. The molecule has 1 saturated carbocycles. The van der Waals surface area contributed by atoms with Gasteiger partial charge in [0.05, 0.1) is 12.7 Å². The van der Waals surface area contributed by atoms with E-state index in [-0.39, 0.29) is 0 Å². The summed E-state index contributed by atoms with van der Waals surface area (Å²) in [5, 5.41) is 8.70. The van der Waals surface area contributed by atoms with Crippen molar-refractivity contribution in [3.8, 4) is 6.07 Å². The number of pyridine rings is 1. The van der Waals surface area contributed by atoms with Gasteiger partial charge in [-0.05, 0) is 43.0 Å². The van der Waals surface area contributed by atoms with Crippen LogP contribution in [0, 0.1) is 17.2 Å². The van der Waals surface area contributed by atoms with E-state index in [1.165, 1.54) is 0 Å². The normalized spacial score (nSPS) is 23.5. The number of rotatable bonds is 4. The zero-order chi connectivity index (χ0) is 11.4. The van der Waals surface area contributed by atoms with Crippen LogP contribution in [-0.2, 0) is 11.3 Å². The van der Waals surface area contributed by atoms with E-state index in [1.807, 2.05) is 12.1 Å². The summed E-state index contributed by atoms with van der Waals surface area (Å²) in [6.45, 7) is 1.31. The lowest BCUT2D eigenvalue weighted by molar-refractivity contribution is -0.0376. The van der Waals surface area contributed by atoms with Gasteiger partial charge in [0.25, 0.3) is 0 Å². The van der Waals surface area contributed by atoms with Crippen molar-refractivity contribution in [3.05, 3.63) is 29.6 Å². The van der Waals surface area contributed by atoms with E-state index in [4.69, 9.17) is 15.7 Å². The van der Waals surface area contributed by atoms with Gasteiger partial charge in [-0.15, -0.1) is 0 Å². The van der Waals surface area contributed by atoms with Gasteiger partial charge in [-0.25, -0.2) is 4.98 Å². The van der Waals surface area contributed by atoms with Gasteiger partial charge in [0, 0.05) is 6.20 Å². The maximum absolute atomic E-state index is 8.70. The summed E-state index contributed by atoms with van der Waals surface area (Å²) >= 11 is 0. The highest BCUT2D eigenvalue weighted by molar-refractivity contribution is 5.24. The van der Waals surface area contributed by atoms with Crippen molar-refractivity contribution in [2.75, 3.05) is 6.54 Å². The van der Waals surface area contributed by atoms with Crippen LogP contribution >= 0.6 is 0 Å². The fraction of sp³-hybridized carbons (Fsp3) is 0.500. The zero-order valence-electron chi connectivity index (χ0n) is 9.10. The molecule has 0 saturated heterocycles. The van der Waals surface area contributed by atoms with Crippen LogP contribution in [0.1, 0.15) is 24.1 Å². The number of nitrogens with two attached hydrogens (primary N) is 1. The fourth-order valence-electron chi connectivity index (χ4n) is 1.84. The largest absolute Gasteiger partial charge is 0.374 e. The molecule has 1 heterocycles. The number of hydrogen-bond donors (Lipinski definition) is 1. The molecule has 2 N–H and O–H groups in total. The predicted octanol–water partition coefficient (Wildman–Crippen LogP) is 1.21. The Labute approximate surface area is 95.0 Å². The first-order chi connectivity index (χ1) is 7.81. The van der Waals surface area contributed by atoms with E-state index >= 15 is 0 Å². The van der Waals surface area contributed by atoms with Gasteiger partial charge >= 0.3 is 0 Å². The second kappa shape index (κ2) is 5.06. The highest BCUT2D eigenvalue weighted by Gasteiger charge is 2.28. The summed E-state index contributed by atoms with van der Waals surface area (Å²) in [4.78, 5) is 3.91. The molecular weight excluding hydrogens is 202 g/mol. The van der Waals surface area contributed by atoms with Crippen molar-refractivity contribution in [2.45, 2.75) is 25.6 Å². The summed E-state index contributed by atoms with van der Waals surface area (Å²) in [5.41, 5.74) is 6.98. The Morgan fingerprint density at radius 1 is 1.56 bits per heavy atom. The summed E-state index contributed by atoms with van der Waals surface area (Å²) in [5.74, 6) is 0.636. The Hall–Kier alpha value is -1.44. The van der Waals surface area contributed by atoms with Crippen molar-refractivity contribution in [2.24, 2.45) is 11.7 Å². The zero-order valence-corrected chi connectivity index (χ0v) is 9.10. The third-order valence-corrected chi connectivity index (χ3v) is 2.95. The van der Waals surface area contributed by atoms with E-state index in [2.05, 4.69) is 4.98 Å². The smallest absolute Gasteiger partial charge is 0.140 e. The molecule has 1 aliphatic rings. The average Bonchev–Trinajstić information content (AvgIpc) is 2.28. The van der Waals surface area contributed by atoms with Crippen molar-refractivity contribution in [3.63, 3.8) is 0 Å². The standard InChI is InChI=1S/C12H15N3O/c13-6-10-4-12(5-10)16-8-9-1-2-15-11(3-9)7-14/h1-3,10,12H,4-6,8,13H2. The average molecular weight is 217 g/mol. The molecule has 0 aliphatic heterocycles. The number of ether oxygens (including phenoxy) is 1. The highest BCUT2D eigenvalue weighted by Crippen LogP contribution is 2.29. The Morgan fingerprint density at radius 2 is 2.38 bits per heavy atom. The van der Waals surface area contributed by atoms with Crippen LogP contribution in [0.25, 0.3) is 0 Å². The molecule has 0 radical (unpaired) electrons. The van der Waals surface area contributed by atoms with Crippen molar-refractivity contribution >= 4 is 0 Å². The Kier molecular flexibility index (Phi) is 3.50. The molecule has 0 aromatic carbocycles. The second-order valence-electron chi connectivity index (χ2n) is 4.17. The number of nitrogens with zero attached hydrogens (tertiary/aromatic N) is 2. The Bertz CT molecular complexity index is 393. The predicted molar refractivity (Wildman–Crippen MR) is 59.3 cm³/mol. The SMILES string of the molecule is N#Cc1cc(COC2CC(CN)C2)ccn1. The lowest BCUT2D eigenvalue weighted by Crippen LogP contribution is -2.35. The van der Waals surface area contributed by atoms with E-state index in [0.29, 0.717) is 24.3 Å². The molecule has 16 heavy (non-hydrogen) atoms. The molecule has 1 aromatic heterocycles. The summed E-state index contributed by atoms with van der Waals surface area (Å²) in [7, 11) is 0. The van der Waals surface area contributed by atoms with Crippen molar-refractivity contribution < 1.29 is 4.74 Å². The molecule has 0 atom stereocenters. The minimum atomic E-state index is 0.340. The maximum atomic E-state index is 8.70. The van der Waals surface area contributed by atoms with Crippen LogP contribution < -0.4 is 5.73 Å². The third-order valence-electron chi connectivity index (χ3n) is 2.95. The van der Waals surface area contributed by atoms with Gasteiger partial charge in [-0.3, -0.25) is 0 Å². The van der Waals surface area contributed by atoms with Crippen molar-refractivity contribution in [1.82, 2.24) is 4.98 Å². The molecule has 0 bridgehead atoms. The Morgan fingerprint density at radius 3 is 3.06 bits per heavy atom. The molecule has 1 aliphatic carbocycles. The summed E-state index contributed by atoms with van der Waals surface area (Å²) < 4.78 is 5.70. The number of hydrogen-bond acceptors (Lipinski definition) is 4. The minimum Gasteiger partial charge on any atom is -0.374 e. The van der Waals surface area contributed by atoms with Gasteiger partial charge in [0.2, 0.25) is 0 Å². The molecule has 4 heteroatoms. The van der Waals surface area contributed by atoms with Gasteiger partial charge in [0.1, 0.15) is 11.8 Å². The molecule has 2 rings (SSSR count). The number of nitriles is 1. The second-order valence-corrected chi connectivity index (χ2v) is 4.17. The number of aromatic nitrogens is 1. The van der Waals surface area contributed by atoms with Crippen LogP contribution in [0.5, 0.6) is 0 Å². The topological polar surface area (TPSA) is 71.9 Å². The van der Waals surface area contributed by atoms with Crippen LogP contribution in [0.3, 0.4) is 0 Å². The summed E-state index contributed by atoms with van der Waals surface area (Å²) in [6.07, 6.45) is 4.10. The molecule has 4 nitrogen and oxygen atoms in total. The lowest BCUT2D eigenvalue weighted by Gasteiger charge is -2.34. The van der Waals surface area contributed by atoms with E-state index in [9.17, 15) is 0 Å². The molecule has 84 valence electrons. The monoisotopic (exact) mass is 217 g/mol. The van der Waals surface area contributed by atoms with Crippen LogP contribution in [0.15, 0.2) is 18.3 Å². The quantitative estimate of drug-likeness (QED) is 0.822. The fourth-order valence-corrected chi connectivity index (χ4v) is 1.84. The van der Waals surface area contributed by atoms with Gasteiger partial charge in [-0.1, -0.05) is 0 Å². The lowest BCUT2D eigenvalue weighted by atomic mass is 9.82. The minimum absolute atomic E-state index is 0.340. The van der Waals surface area contributed by atoms with E-state index in [1.54, 1.807) is 12.3 Å². The van der Waals surface area contributed by atoms with Gasteiger partial charge in [-0.2, -0.15) is 5.26 Å². The first-order valence-electron chi connectivity index (χ1n) is 5.48. The van der Waals surface area contributed by atoms with E-state index < -0.39 is 0 Å².